The molecular weight excluding hydrogens is 402 g/mol. The molecule has 2 N–H and O–H groups in total. The number of carbonyl (C=O) groups excluding carboxylic acids is 2. The van der Waals surface area contributed by atoms with Gasteiger partial charge in [0.1, 0.15) is 11.4 Å². The summed E-state index contributed by atoms with van der Waals surface area (Å²) in [6.07, 6.45) is 3.36. The molecule has 158 valence electrons. The summed E-state index contributed by atoms with van der Waals surface area (Å²) in [6.45, 7) is 3.93. The smallest absolute Gasteiger partial charge is 0.255 e. The number of ether oxygens (including phenoxy) is 1. The maximum Gasteiger partial charge on any atom is 0.255 e. The van der Waals surface area contributed by atoms with E-state index in [1.54, 1.807) is 12.1 Å². The first-order valence-corrected chi connectivity index (χ1v) is 10.8. The van der Waals surface area contributed by atoms with Crippen LogP contribution in [0.4, 0.5) is 5.69 Å². The minimum absolute atomic E-state index is 0.000670. The molecule has 30 heavy (non-hydrogen) atoms. The van der Waals surface area contributed by atoms with Crippen LogP contribution in [0.2, 0.25) is 5.02 Å². The van der Waals surface area contributed by atoms with E-state index in [-0.39, 0.29) is 11.8 Å². The van der Waals surface area contributed by atoms with Crippen molar-refractivity contribution in [2.24, 2.45) is 0 Å². The minimum Gasteiger partial charge on any atom is -0.494 e. The molecule has 1 saturated heterocycles. The van der Waals surface area contributed by atoms with E-state index in [0.717, 1.165) is 24.3 Å². The first-order valence-electron chi connectivity index (χ1n) is 10.4. The Labute approximate surface area is 181 Å². The molecule has 2 amide bonds. The highest BCUT2D eigenvalue weighted by Gasteiger charge is 2.41. The lowest BCUT2D eigenvalue weighted by Gasteiger charge is -2.45. The van der Waals surface area contributed by atoms with Gasteiger partial charge in [0.15, 0.2) is 0 Å². The molecule has 0 bridgehead atoms. The molecule has 0 aliphatic carbocycles. The molecule has 2 aliphatic heterocycles. The topological polar surface area (TPSA) is 70.7 Å². The number of amides is 2. The van der Waals surface area contributed by atoms with Gasteiger partial charge in [-0.15, -0.1) is 0 Å². The second-order valence-corrected chi connectivity index (χ2v) is 8.31. The SMILES string of the molecule is CCCCOc1ccc(C(=O)N2CCC3(CC2)NC(=O)c2cc(Cl)ccc2N3)cc1. The first kappa shape index (κ1) is 20.5. The molecule has 1 spiro atoms. The number of halogens is 1. The number of anilines is 1. The van der Waals surface area contributed by atoms with E-state index >= 15 is 0 Å². The quantitative estimate of drug-likeness (QED) is 0.697. The lowest BCUT2D eigenvalue weighted by atomic mass is 9.92. The van der Waals surface area contributed by atoms with Crippen molar-refractivity contribution in [3.05, 3.63) is 58.6 Å². The van der Waals surface area contributed by atoms with Gasteiger partial charge >= 0.3 is 0 Å². The van der Waals surface area contributed by atoms with Crippen LogP contribution < -0.4 is 15.4 Å². The fourth-order valence-electron chi connectivity index (χ4n) is 3.94. The molecule has 1 fully saturated rings. The average Bonchev–Trinajstić information content (AvgIpc) is 2.75. The van der Waals surface area contributed by atoms with Crippen LogP contribution in [0.1, 0.15) is 53.3 Å². The van der Waals surface area contributed by atoms with E-state index in [1.165, 1.54) is 0 Å². The molecule has 0 unspecified atom stereocenters. The molecule has 0 aromatic heterocycles. The van der Waals surface area contributed by atoms with Crippen LogP contribution >= 0.6 is 11.6 Å². The summed E-state index contributed by atoms with van der Waals surface area (Å²) in [5.41, 5.74) is 1.44. The monoisotopic (exact) mass is 427 g/mol. The summed E-state index contributed by atoms with van der Waals surface area (Å²) >= 11 is 6.01. The third-order valence-electron chi connectivity index (χ3n) is 5.73. The standard InChI is InChI=1S/C23H26ClN3O3/c1-2-3-14-30-18-7-4-16(5-8-18)22(29)27-12-10-23(11-13-27)25-20-9-6-17(24)15-19(20)21(28)26-23/h4-9,15,25H,2-3,10-14H2,1H3,(H,26,28). The summed E-state index contributed by atoms with van der Waals surface area (Å²) in [4.78, 5) is 27.3. The number of nitrogens with one attached hydrogen (secondary N) is 2. The predicted octanol–water partition coefficient (Wildman–Crippen LogP) is 4.31. The third kappa shape index (κ3) is 4.24. The van der Waals surface area contributed by atoms with Gasteiger partial charge in [-0.25, -0.2) is 0 Å². The second kappa shape index (κ2) is 8.56. The Morgan fingerprint density at radius 1 is 1.13 bits per heavy atom. The summed E-state index contributed by atoms with van der Waals surface area (Å²) < 4.78 is 5.67. The van der Waals surface area contributed by atoms with Gasteiger partial charge in [0.05, 0.1) is 12.2 Å². The Hall–Kier alpha value is -2.73. The number of rotatable bonds is 5. The summed E-state index contributed by atoms with van der Waals surface area (Å²) in [5.74, 6) is 0.648. The number of fused-ring (bicyclic) bond motifs is 1. The Bertz CT molecular complexity index is 937. The number of benzene rings is 2. The van der Waals surface area contributed by atoms with Crippen molar-refractivity contribution in [1.82, 2.24) is 10.2 Å². The minimum atomic E-state index is -0.536. The number of likely N-dealkylation sites (tertiary alicyclic amines) is 1. The van der Waals surface area contributed by atoms with Crippen LogP contribution in [-0.4, -0.2) is 42.1 Å². The number of nitrogens with zero attached hydrogens (tertiary/aromatic N) is 1. The fraction of sp³-hybridized carbons (Fsp3) is 0.391. The van der Waals surface area contributed by atoms with Crippen molar-refractivity contribution in [3.63, 3.8) is 0 Å². The molecule has 7 heteroatoms. The molecule has 2 aromatic rings. The molecule has 2 aliphatic rings. The van der Waals surface area contributed by atoms with Crippen LogP contribution in [0.15, 0.2) is 42.5 Å². The molecule has 0 atom stereocenters. The predicted molar refractivity (Wildman–Crippen MR) is 117 cm³/mol. The Morgan fingerprint density at radius 3 is 2.57 bits per heavy atom. The van der Waals surface area contributed by atoms with Gasteiger partial charge < -0.3 is 20.3 Å². The van der Waals surface area contributed by atoms with Crippen molar-refractivity contribution >= 4 is 29.1 Å². The molecule has 0 radical (unpaired) electrons. The van der Waals surface area contributed by atoms with E-state index in [1.807, 2.05) is 35.2 Å². The largest absolute Gasteiger partial charge is 0.494 e. The second-order valence-electron chi connectivity index (χ2n) is 7.87. The van der Waals surface area contributed by atoms with Crippen LogP contribution in [0, 0.1) is 0 Å². The molecule has 4 rings (SSSR count). The molecular formula is C23H26ClN3O3. The van der Waals surface area contributed by atoms with Crippen molar-refractivity contribution in [1.29, 1.82) is 0 Å². The average molecular weight is 428 g/mol. The Kier molecular flexibility index (Phi) is 5.86. The zero-order chi connectivity index (χ0) is 21.1. The van der Waals surface area contributed by atoms with Gasteiger partial charge in [-0.3, -0.25) is 9.59 Å². The highest BCUT2D eigenvalue weighted by molar-refractivity contribution is 6.31. The van der Waals surface area contributed by atoms with Gasteiger partial charge in [0.25, 0.3) is 11.8 Å². The third-order valence-corrected chi connectivity index (χ3v) is 5.96. The highest BCUT2D eigenvalue weighted by Crippen LogP contribution is 2.33. The number of carbonyl (C=O) groups is 2. The van der Waals surface area contributed by atoms with Crippen molar-refractivity contribution < 1.29 is 14.3 Å². The number of piperidine rings is 1. The maximum atomic E-state index is 12.9. The number of unbranched alkanes of at least 4 members (excludes halogenated alkanes) is 1. The van der Waals surface area contributed by atoms with Crippen LogP contribution in [0.5, 0.6) is 5.75 Å². The highest BCUT2D eigenvalue weighted by atomic mass is 35.5. The first-order chi connectivity index (χ1) is 14.5. The summed E-state index contributed by atoms with van der Waals surface area (Å²) in [5, 5.41) is 7.07. The Balaban J connectivity index is 1.38. The molecule has 2 heterocycles. The number of hydrogen-bond acceptors (Lipinski definition) is 4. The van der Waals surface area contributed by atoms with Crippen molar-refractivity contribution in [2.75, 3.05) is 25.0 Å². The molecule has 2 aromatic carbocycles. The zero-order valence-electron chi connectivity index (χ0n) is 17.0. The lowest BCUT2D eigenvalue weighted by molar-refractivity contribution is 0.0639. The number of hydrogen-bond donors (Lipinski definition) is 2. The van der Waals surface area contributed by atoms with Gasteiger partial charge in [0.2, 0.25) is 0 Å². The molecule has 6 nitrogen and oxygen atoms in total. The van der Waals surface area contributed by atoms with E-state index in [9.17, 15) is 9.59 Å². The van der Waals surface area contributed by atoms with Crippen molar-refractivity contribution in [3.8, 4) is 5.75 Å². The zero-order valence-corrected chi connectivity index (χ0v) is 17.8. The van der Waals surface area contributed by atoms with Gasteiger partial charge in [0, 0.05) is 42.2 Å². The van der Waals surface area contributed by atoms with Crippen LogP contribution in [0.3, 0.4) is 0 Å². The maximum absolute atomic E-state index is 12.9. The van der Waals surface area contributed by atoms with E-state index in [4.69, 9.17) is 16.3 Å². The Morgan fingerprint density at radius 2 is 1.87 bits per heavy atom. The van der Waals surface area contributed by atoms with E-state index < -0.39 is 5.66 Å². The van der Waals surface area contributed by atoms with E-state index in [0.29, 0.717) is 48.7 Å². The normalized spacial score (nSPS) is 17.1. The fourth-order valence-corrected chi connectivity index (χ4v) is 4.11. The van der Waals surface area contributed by atoms with Crippen LogP contribution in [-0.2, 0) is 0 Å². The van der Waals surface area contributed by atoms with Gasteiger partial charge in [-0.1, -0.05) is 24.9 Å². The van der Waals surface area contributed by atoms with Crippen molar-refractivity contribution in [2.45, 2.75) is 38.3 Å². The molecule has 0 saturated carbocycles. The lowest BCUT2D eigenvalue weighted by Crippen LogP contribution is -2.62. The van der Waals surface area contributed by atoms with Crippen LogP contribution in [0.25, 0.3) is 0 Å². The van der Waals surface area contributed by atoms with Gasteiger partial charge in [-0.05, 0) is 48.9 Å². The summed E-state index contributed by atoms with van der Waals surface area (Å²) in [7, 11) is 0. The summed E-state index contributed by atoms with van der Waals surface area (Å²) in [6, 6.07) is 12.6. The van der Waals surface area contributed by atoms with E-state index in [2.05, 4.69) is 17.6 Å². The van der Waals surface area contributed by atoms with Gasteiger partial charge in [-0.2, -0.15) is 0 Å².